The summed E-state index contributed by atoms with van der Waals surface area (Å²) < 4.78 is 7.87. The van der Waals surface area contributed by atoms with Crippen LogP contribution < -0.4 is 5.32 Å². The summed E-state index contributed by atoms with van der Waals surface area (Å²) >= 11 is 0. The fraction of sp³-hybridized carbons (Fsp3) is 0.692. The van der Waals surface area contributed by atoms with Gasteiger partial charge in [0.05, 0.1) is 12.2 Å². The zero-order valence-electron chi connectivity index (χ0n) is 11.1. The Morgan fingerprint density at radius 3 is 2.69 bits per heavy atom. The first-order valence-corrected chi connectivity index (χ1v) is 5.89. The van der Waals surface area contributed by atoms with E-state index in [1.807, 2.05) is 7.05 Å². The third-order valence-corrected chi connectivity index (χ3v) is 2.59. The molecule has 1 rings (SSSR count). The van der Waals surface area contributed by atoms with E-state index in [1.165, 1.54) is 5.56 Å². The lowest BCUT2D eigenvalue weighted by atomic mass is 10.2. The summed E-state index contributed by atoms with van der Waals surface area (Å²) in [5.74, 6) is 0. The molecular formula is C13H24N2O. The van der Waals surface area contributed by atoms with Gasteiger partial charge in [-0.15, -0.1) is 0 Å². The summed E-state index contributed by atoms with van der Waals surface area (Å²) in [6.45, 7) is 10.1. The second-order valence-corrected chi connectivity index (χ2v) is 5.15. The Hall–Kier alpha value is -0.800. The van der Waals surface area contributed by atoms with Crippen molar-refractivity contribution in [2.45, 2.75) is 45.9 Å². The minimum Gasteiger partial charge on any atom is -0.374 e. The standard InChI is InChI=1S/C13H24N2O/c1-11(14-5)12-6-7-15(10-12)8-9-16-13(2,3)4/h6-7,10-11,14H,8-9H2,1-5H3. The van der Waals surface area contributed by atoms with E-state index in [2.05, 4.69) is 56.0 Å². The Morgan fingerprint density at radius 2 is 2.12 bits per heavy atom. The number of nitrogens with one attached hydrogen (secondary N) is 1. The Kier molecular flexibility index (Phi) is 4.56. The molecule has 1 aromatic heterocycles. The van der Waals surface area contributed by atoms with Crippen LogP contribution >= 0.6 is 0 Å². The molecule has 92 valence electrons. The van der Waals surface area contributed by atoms with Crippen LogP contribution in [-0.4, -0.2) is 23.8 Å². The predicted octanol–water partition coefficient (Wildman–Crippen LogP) is 2.58. The van der Waals surface area contributed by atoms with Gasteiger partial charge in [-0.25, -0.2) is 0 Å². The van der Waals surface area contributed by atoms with Crippen molar-refractivity contribution in [1.29, 1.82) is 0 Å². The van der Waals surface area contributed by atoms with Gasteiger partial charge in [-0.3, -0.25) is 0 Å². The monoisotopic (exact) mass is 224 g/mol. The Morgan fingerprint density at radius 1 is 1.44 bits per heavy atom. The first-order valence-electron chi connectivity index (χ1n) is 5.89. The van der Waals surface area contributed by atoms with Crippen LogP contribution in [0.4, 0.5) is 0 Å². The van der Waals surface area contributed by atoms with E-state index in [0.717, 1.165) is 13.2 Å². The molecule has 0 spiro atoms. The van der Waals surface area contributed by atoms with Gasteiger partial charge in [-0.1, -0.05) is 0 Å². The normalized spacial score (nSPS) is 14.1. The first kappa shape index (κ1) is 13.3. The van der Waals surface area contributed by atoms with E-state index in [9.17, 15) is 0 Å². The lowest BCUT2D eigenvalue weighted by molar-refractivity contribution is -0.00679. The Labute approximate surface area is 98.8 Å². The van der Waals surface area contributed by atoms with E-state index < -0.39 is 0 Å². The van der Waals surface area contributed by atoms with Crippen LogP contribution in [0.3, 0.4) is 0 Å². The summed E-state index contributed by atoms with van der Waals surface area (Å²) in [5.41, 5.74) is 1.27. The molecule has 0 saturated carbocycles. The predicted molar refractivity (Wildman–Crippen MR) is 67.6 cm³/mol. The molecule has 0 bridgehead atoms. The second kappa shape index (κ2) is 5.51. The average molecular weight is 224 g/mol. The zero-order valence-corrected chi connectivity index (χ0v) is 11.1. The summed E-state index contributed by atoms with van der Waals surface area (Å²) in [5, 5.41) is 3.23. The maximum Gasteiger partial charge on any atom is 0.0652 e. The summed E-state index contributed by atoms with van der Waals surface area (Å²) in [7, 11) is 1.98. The molecule has 0 aliphatic carbocycles. The molecule has 0 fully saturated rings. The van der Waals surface area contributed by atoms with E-state index in [1.54, 1.807) is 0 Å². The SMILES string of the molecule is CNC(C)c1ccn(CCOC(C)(C)C)c1. The van der Waals surface area contributed by atoms with Crippen molar-refractivity contribution in [1.82, 2.24) is 9.88 Å². The molecular weight excluding hydrogens is 200 g/mol. The quantitative estimate of drug-likeness (QED) is 0.832. The molecule has 0 aliphatic rings. The third-order valence-electron chi connectivity index (χ3n) is 2.59. The van der Waals surface area contributed by atoms with Gasteiger partial charge in [-0.2, -0.15) is 0 Å². The summed E-state index contributed by atoms with van der Waals surface area (Å²) in [6.07, 6.45) is 4.28. The van der Waals surface area contributed by atoms with Crippen molar-refractivity contribution in [2.24, 2.45) is 0 Å². The molecule has 0 aromatic carbocycles. The fourth-order valence-electron chi connectivity index (χ4n) is 1.48. The highest BCUT2D eigenvalue weighted by Crippen LogP contribution is 2.12. The van der Waals surface area contributed by atoms with Crippen molar-refractivity contribution in [3.63, 3.8) is 0 Å². The molecule has 0 amide bonds. The zero-order chi connectivity index (χ0) is 12.2. The molecule has 1 aromatic rings. The highest BCUT2D eigenvalue weighted by molar-refractivity contribution is 5.14. The number of rotatable bonds is 5. The number of nitrogens with zero attached hydrogens (tertiary/aromatic N) is 1. The fourth-order valence-corrected chi connectivity index (χ4v) is 1.48. The topological polar surface area (TPSA) is 26.2 Å². The van der Waals surface area contributed by atoms with Crippen LogP contribution in [0.5, 0.6) is 0 Å². The van der Waals surface area contributed by atoms with Crippen molar-refractivity contribution in [2.75, 3.05) is 13.7 Å². The van der Waals surface area contributed by atoms with E-state index in [-0.39, 0.29) is 5.60 Å². The van der Waals surface area contributed by atoms with Crippen molar-refractivity contribution in [3.8, 4) is 0 Å². The van der Waals surface area contributed by atoms with Gasteiger partial charge in [0.25, 0.3) is 0 Å². The Balaban J connectivity index is 2.41. The van der Waals surface area contributed by atoms with Crippen molar-refractivity contribution >= 4 is 0 Å². The third kappa shape index (κ3) is 4.37. The maximum atomic E-state index is 5.69. The smallest absolute Gasteiger partial charge is 0.0652 e. The van der Waals surface area contributed by atoms with Gasteiger partial charge in [0, 0.05) is 25.0 Å². The first-order chi connectivity index (χ1) is 7.42. The van der Waals surface area contributed by atoms with Gasteiger partial charge in [-0.05, 0) is 46.4 Å². The molecule has 1 N–H and O–H groups in total. The van der Waals surface area contributed by atoms with Gasteiger partial charge in [0.2, 0.25) is 0 Å². The number of hydrogen-bond donors (Lipinski definition) is 1. The molecule has 3 heteroatoms. The van der Waals surface area contributed by atoms with Crippen molar-refractivity contribution < 1.29 is 4.74 Å². The van der Waals surface area contributed by atoms with Crippen LogP contribution in [0.2, 0.25) is 0 Å². The lowest BCUT2D eigenvalue weighted by Crippen LogP contribution is -2.21. The highest BCUT2D eigenvalue weighted by Gasteiger charge is 2.09. The number of hydrogen-bond acceptors (Lipinski definition) is 2. The second-order valence-electron chi connectivity index (χ2n) is 5.15. The molecule has 3 nitrogen and oxygen atoms in total. The van der Waals surface area contributed by atoms with Gasteiger partial charge in [0.15, 0.2) is 0 Å². The summed E-state index contributed by atoms with van der Waals surface area (Å²) in [6, 6.07) is 2.56. The Bertz CT molecular complexity index is 312. The van der Waals surface area contributed by atoms with Crippen molar-refractivity contribution in [3.05, 3.63) is 24.0 Å². The highest BCUT2D eigenvalue weighted by atomic mass is 16.5. The maximum absolute atomic E-state index is 5.69. The van der Waals surface area contributed by atoms with Crippen LogP contribution in [0.15, 0.2) is 18.5 Å². The minimum absolute atomic E-state index is 0.0474. The van der Waals surface area contributed by atoms with E-state index in [0.29, 0.717) is 6.04 Å². The lowest BCUT2D eigenvalue weighted by Gasteiger charge is -2.19. The van der Waals surface area contributed by atoms with Gasteiger partial charge in [0.1, 0.15) is 0 Å². The number of ether oxygens (including phenoxy) is 1. The molecule has 1 atom stereocenters. The van der Waals surface area contributed by atoms with Crippen LogP contribution in [-0.2, 0) is 11.3 Å². The van der Waals surface area contributed by atoms with Gasteiger partial charge < -0.3 is 14.6 Å². The van der Waals surface area contributed by atoms with Gasteiger partial charge >= 0.3 is 0 Å². The number of aromatic nitrogens is 1. The van der Waals surface area contributed by atoms with Crippen LogP contribution in [0.25, 0.3) is 0 Å². The molecule has 1 unspecified atom stereocenters. The minimum atomic E-state index is -0.0474. The van der Waals surface area contributed by atoms with E-state index >= 15 is 0 Å². The van der Waals surface area contributed by atoms with Crippen LogP contribution in [0.1, 0.15) is 39.3 Å². The largest absolute Gasteiger partial charge is 0.374 e. The molecule has 0 aliphatic heterocycles. The molecule has 1 heterocycles. The average Bonchev–Trinajstić information content (AvgIpc) is 2.63. The summed E-state index contributed by atoms with van der Waals surface area (Å²) in [4.78, 5) is 0. The molecule has 0 radical (unpaired) electrons. The molecule has 16 heavy (non-hydrogen) atoms. The van der Waals surface area contributed by atoms with E-state index in [4.69, 9.17) is 4.74 Å². The van der Waals surface area contributed by atoms with Crippen LogP contribution in [0, 0.1) is 0 Å². The molecule has 0 saturated heterocycles.